The molecule has 0 spiro atoms. The van der Waals surface area contributed by atoms with Crippen molar-refractivity contribution in [2.75, 3.05) is 33.3 Å². The van der Waals surface area contributed by atoms with Gasteiger partial charge in [-0.2, -0.15) is 0 Å². The van der Waals surface area contributed by atoms with Gasteiger partial charge in [0.15, 0.2) is 0 Å². The van der Waals surface area contributed by atoms with Gasteiger partial charge in [-0.05, 0) is 36.2 Å². The van der Waals surface area contributed by atoms with Gasteiger partial charge in [0, 0.05) is 26.2 Å². The van der Waals surface area contributed by atoms with E-state index in [-0.39, 0.29) is 17.4 Å². The number of carbonyl (C=O) groups excluding carboxylic acids is 2. The molecule has 1 saturated heterocycles. The topological polar surface area (TPSA) is 49.9 Å². The summed E-state index contributed by atoms with van der Waals surface area (Å²) in [5, 5.41) is 0. The van der Waals surface area contributed by atoms with Gasteiger partial charge >= 0.3 is 0 Å². The summed E-state index contributed by atoms with van der Waals surface area (Å²) in [7, 11) is 1.62. The first kappa shape index (κ1) is 18.9. The molecule has 2 aromatic rings. The SMILES string of the molecule is COc1ccc(CC(=O)N2CCN(C(=O)c3ccccc3F)CC2)cc1C. The minimum atomic E-state index is -0.518. The van der Waals surface area contributed by atoms with E-state index in [4.69, 9.17) is 4.74 Å². The maximum atomic E-state index is 13.8. The largest absolute Gasteiger partial charge is 0.496 e. The number of aryl methyl sites for hydroxylation is 1. The Balaban J connectivity index is 1.57. The minimum Gasteiger partial charge on any atom is -0.496 e. The summed E-state index contributed by atoms with van der Waals surface area (Å²) < 4.78 is 19.0. The molecule has 0 atom stereocenters. The minimum absolute atomic E-state index is 0.0255. The molecule has 1 aliphatic heterocycles. The monoisotopic (exact) mass is 370 g/mol. The summed E-state index contributed by atoms with van der Waals surface area (Å²) >= 11 is 0. The Hall–Kier alpha value is -2.89. The van der Waals surface area contributed by atoms with E-state index < -0.39 is 5.82 Å². The van der Waals surface area contributed by atoms with E-state index in [0.29, 0.717) is 32.6 Å². The summed E-state index contributed by atoms with van der Waals surface area (Å²) in [6.07, 6.45) is 0.312. The van der Waals surface area contributed by atoms with E-state index in [1.807, 2.05) is 25.1 Å². The lowest BCUT2D eigenvalue weighted by Gasteiger charge is -2.35. The number of amides is 2. The highest BCUT2D eigenvalue weighted by Gasteiger charge is 2.26. The quantitative estimate of drug-likeness (QED) is 0.831. The highest BCUT2D eigenvalue weighted by molar-refractivity contribution is 5.94. The fraction of sp³-hybridized carbons (Fsp3) is 0.333. The molecule has 1 aliphatic rings. The molecular formula is C21H23FN2O3. The Morgan fingerprint density at radius 2 is 1.70 bits per heavy atom. The molecule has 0 radical (unpaired) electrons. The van der Waals surface area contributed by atoms with Crippen LogP contribution in [0.25, 0.3) is 0 Å². The van der Waals surface area contributed by atoms with Crippen LogP contribution in [0.1, 0.15) is 21.5 Å². The number of carbonyl (C=O) groups is 2. The number of benzene rings is 2. The third kappa shape index (κ3) is 4.27. The van der Waals surface area contributed by atoms with Crippen molar-refractivity contribution in [3.8, 4) is 5.75 Å². The van der Waals surface area contributed by atoms with Crippen molar-refractivity contribution in [3.05, 3.63) is 65.0 Å². The highest BCUT2D eigenvalue weighted by Crippen LogP contribution is 2.19. The lowest BCUT2D eigenvalue weighted by atomic mass is 10.1. The summed E-state index contributed by atoms with van der Waals surface area (Å²) in [4.78, 5) is 28.4. The van der Waals surface area contributed by atoms with E-state index in [2.05, 4.69) is 0 Å². The molecule has 0 N–H and O–H groups in total. The van der Waals surface area contributed by atoms with Gasteiger partial charge in [0.1, 0.15) is 11.6 Å². The number of rotatable bonds is 4. The summed E-state index contributed by atoms with van der Waals surface area (Å²) in [5.74, 6) is -0.0223. The lowest BCUT2D eigenvalue weighted by molar-refractivity contribution is -0.131. The molecule has 27 heavy (non-hydrogen) atoms. The van der Waals surface area contributed by atoms with Gasteiger partial charge in [0.2, 0.25) is 5.91 Å². The summed E-state index contributed by atoms with van der Waals surface area (Å²) in [5.41, 5.74) is 2.00. The number of nitrogens with zero attached hydrogens (tertiary/aromatic N) is 2. The van der Waals surface area contributed by atoms with Crippen LogP contribution in [0.15, 0.2) is 42.5 Å². The Morgan fingerprint density at radius 3 is 2.33 bits per heavy atom. The molecule has 0 aliphatic carbocycles. The first-order chi connectivity index (χ1) is 13.0. The van der Waals surface area contributed by atoms with E-state index in [1.54, 1.807) is 29.0 Å². The normalized spacial score (nSPS) is 14.2. The highest BCUT2D eigenvalue weighted by atomic mass is 19.1. The number of halogens is 1. The van der Waals surface area contributed by atoms with Gasteiger partial charge in [0.05, 0.1) is 19.1 Å². The van der Waals surface area contributed by atoms with Crippen LogP contribution in [-0.4, -0.2) is 54.9 Å². The third-order valence-electron chi connectivity index (χ3n) is 4.84. The second-order valence-electron chi connectivity index (χ2n) is 6.63. The van der Waals surface area contributed by atoms with Crippen LogP contribution in [0, 0.1) is 12.7 Å². The Labute approximate surface area is 158 Å². The molecule has 2 amide bonds. The molecule has 0 aromatic heterocycles. The molecule has 5 nitrogen and oxygen atoms in total. The van der Waals surface area contributed by atoms with Gasteiger partial charge in [-0.25, -0.2) is 4.39 Å². The van der Waals surface area contributed by atoms with Crippen molar-refractivity contribution in [2.45, 2.75) is 13.3 Å². The number of methoxy groups -OCH3 is 1. The Kier molecular flexibility index (Phi) is 5.74. The van der Waals surface area contributed by atoms with Crippen molar-refractivity contribution in [3.63, 3.8) is 0 Å². The Morgan fingerprint density at radius 1 is 1.04 bits per heavy atom. The second kappa shape index (κ2) is 8.20. The fourth-order valence-corrected chi connectivity index (χ4v) is 3.30. The fourth-order valence-electron chi connectivity index (χ4n) is 3.30. The van der Waals surface area contributed by atoms with Crippen molar-refractivity contribution >= 4 is 11.8 Å². The van der Waals surface area contributed by atoms with E-state index in [9.17, 15) is 14.0 Å². The molecule has 1 fully saturated rings. The molecule has 142 valence electrons. The zero-order chi connectivity index (χ0) is 19.4. The average Bonchev–Trinajstić information content (AvgIpc) is 2.68. The second-order valence-corrected chi connectivity index (χ2v) is 6.63. The van der Waals surface area contributed by atoms with E-state index in [0.717, 1.165) is 16.9 Å². The number of ether oxygens (including phenoxy) is 1. The van der Waals surface area contributed by atoms with Crippen LogP contribution in [0.3, 0.4) is 0 Å². The van der Waals surface area contributed by atoms with Crippen molar-refractivity contribution < 1.29 is 18.7 Å². The maximum absolute atomic E-state index is 13.8. The average molecular weight is 370 g/mol. The zero-order valence-electron chi connectivity index (χ0n) is 15.6. The third-order valence-corrected chi connectivity index (χ3v) is 4.84. The van der Waals surface area contributed by atoms with Crippen molar-refractivity contribution in [2.24, 2.45) is 0 Å². The predicted molar refractivity (Wildman–Crippen MR) is 100 cm³/mol. The van der Waals surface area contributed by atoms with Crippen LogP contribution in [-0.2, 0) is 11.2 Å². The Bertz CT molecular complexity index is 845. The van der Waals surface area contributed by atoms with E-state index >= 15 is 0 Å². The standard InChI is InChI=1S/C21H23FN2O3/c1-15-13-16(7-8-19(15)27-2)14-20(25)23-9-11-24(12-10-23)21(26)17-5-3-4-6-18(17)22/h3-8,13H,9-12,14H2,1-2H3. The van der Waals surface area contributed by atoms with E-state index in [1.165, 1.54) is 12.1 Å². The molecule has 0 unspecified atom stereocenters. The van der Waals surface area contributed by atoms with Gasteiger partial charge in [0.25, 0.3) is 5.91 Å². The van der Waals surface area contributed by atoms with Crippen LogP contribution in [0.4, 0.5) is 4.39 Å². The molecule has 3 rings (SSSR count). The van der Waals surface area contributed by atoms with Crippen LogP contribution < -0.4 is 4.74 Å². The smallest absolute Gasteiger partial charge is 0.256 e. The molecule has 0 saturated carbocycles. The van der Waals surface area contributed by atoms with Gasteiger partial charge < -0.3 is 14.5 Å². The first-order valence-electron chi connectivity index (χ1n) is 8.94. The number of hydrogen-bond donors (Lipinski definition) is 0. The molecule has 2 aromatic carbocycles. The van der Waals surface area contributed by atoms with Gasteiger partial charge in [-0.3, -0.25) is 9.59 Å². The molecule has 6 heteroatoms. The van der Waals surface area contributed by atoms with Crippen molar-refractivity contribution in [1.29, 1.82) is 0 Å². The molecular weight excluding hydrogens is 347 g/mol. The van der Waals surface area contributed by atoms with Gasteiger partial charge in [-0.1, -0.05) is 24.3 Å². The number of hydrogen-bond acceptors (Lipinski definition) is 3. The maximum Gasteiger partial charge on any atom is 0.256 e. The molecule has 0 bridgehead atoms. The first-order valence-corrected chi connectivity index (χ1v) is 8.94. The summed E-state index contributed by atoms with van der Waals surface area (Å²) in [6, 6.07) is 11.7. The lowest BCUT2D eigenvalue weighted by Crippen LogP contribution is -2.51. The van der Waals surface area contributed by atoms with Crippen LogP contribution in [0.2, 0.25) is 0 Å². The van der Waals surface area contributed by atoms with Crippen LogP contribution >= 0.6 is 0 Å². The van der Waals surface area contributed by atoms with Gasteiger partial charge in [-0.15, -0.1) is 0 Å². The number of piperazine rings is 1. The predicted octanol–water partition coefficient (Wildman–Crippen LogP) is 2.67. The summed E-state index contributed by atoms with van der Waals surface area (Å²) in [6.45, 7) is 3.66. The van der Waals surface area contributed by atoms with Crippen molar-refractivity contribution in [1.82, 2.24) is 9.80 Å². The molecule has 1 heterocycles. The van der Waals surface area contributed by atoms with Crippen LogP contribution in [0.5, 0.6) is 5.75 Å². The zero-order valence-corrected chi connectivity index (χ0v) is 15.6.